The largest absolute Gasteiger partial charge is 0.348 e. The standard InChI is InChI=1S/C17H24N2O/c1-13(17(20)18-16-8-4-5-9-16)19-11-10-14-6-2-3-7-15(14)12-19/h2-3,6-7,13,16H,4-5,8-12H2,1H3,(H,18,20)/p+1/t13-/m0/s1. The molecule has 0 radical (unpaired) electrons. The smallest absolute Gasteiger partial charge is 0.278 e. The summed E-state index contributed by atoms with van der Waals surface area (Å²) in [4.78, 5) is 13.8. The van der Waals surface area contributed by atoms with Crippen LogP contribution in [-0.4, -0.2) is 24.5 Å². The lowest BCUT2D eigenvalue weighted by molar-refractivity contribution is -0.929. The topological polar surface area (TPSA) is 33.5 Å². The molecule has 1 unspecified atom stereocenters. The molecule has 1 heterocycles. The van der Waals surface area contributed by atoms with E-state index in [0.717, 1.165) is 32.4 Å². The zero-order valence-electron chi connectivity index (χ0n) is 12.3. The number of hydrogen-bond donors (Lipinski definition) is 2. The number of carbonyl (C=O) groups is 1. The van der Waals surface area contributed by atoms with E-state index in [1.165, 1.54) is 28.9 Å². The Morgan fingerprint density at radius 3 is 2.70 bits per heavy atom. The van der Waals surface area contributed by atoms with E-state index in [4.69, 9.17) is 0 Å². The Kier molecular flexibility index (Phi) is 4.06. The van der Waals surface area contributed by atoms with Crippen molar-refractivity contribution >= 4 is 5.91 Å². The molecular weight excluding hydrogens is 248 g/mol. The Balaban J connectivity index is 1.60. The highest BCUT2D eigenvalue weighted by Gasteiger charge is 2.30. The molecule has 2 N–H and O–H groups in total. The average molecular weight is 273 g/mol. The molecule has 0 aromatic heterocycles. The fourth-order valence-electron chi connectivity index (χ4n) is 3.55. The zero-order chi connectivity index (χ0) is 13.9. The summed E-state index contributed by atoms with van der Waals surface area (Å²) in [6.07, 6.45) is 5.95. The molecule has 1 saturated carbocycles. The van der Waals surface area contributed by atoms with E-state index in [-0.39, 0.29) is 11.9 Å². The minimum atomic E-state index is 0.0592. The summed E-state index contributed by atoms with van der Waals surface area (Å²) in [6, 6.07) is 9.13. The third-order valence-electron chi connectivity index (χ3n) is 4.96. The van der Waals surface area contributed by atoms with Crippen LogP contribution in [0.2, 0.25) is 0 Å². The van der Waals surface area contributed by atoms with Crippen LogP contribution in [0.1, 0.15) is 43.7 Å². The first-order valence-corrected chi connectivity index (χ1v) is 7.96. The van der Waals surface area contributed by atoms with Gasteiger partial charge in [0.05, 0.1) is 6.54 Å². The van der Waals surface area contributed by atoms with Crippen molar-refractivity contribution in [3.8, 4) is 0 Å². The van der Waals surface area contributed by atoms with E-state index in [9.17, 15) is 4.79 Å². The first kappa shape index (κ1) is 13.6. The van der Waals surface area contributed by atoms with Gasteiger partial charge in [0.25, 0.3) is 5.91 Å². The third-order valence-corrected chi connectivity index (χ3v) is 4.96. The number of nitrogens with one attached hydrogen (secondary N) is 2. The maximum atomic E-state index is 12.4. The first-order chi connectivity index (χ1) is 9.74. The van der Waals surface area contributed by atoms with E-state index in [1.54, 1.807) is 0 Å². The summed E-state index contributed by atoms with van der Waals surface area (Å²) in [5.41, 5.74) is 2.87. The van der Waals surface area contributed by atoms with Gasteiger partial charge in [0.1, 0.15) is 6.54 Å². The molecule has 1 aliphatic carbocycles. The SMILES string of the molecule is C[C@@H](C(=O)NC1CCCC1)[NH+]1CCc2ccccc2C1. The van der Waals surface area contributed by atoms with Gasteiger partial charge in [-0.25, -0.2) is 0 Å². The van der Waals surface area contributed by atoms with E-state index in [0.29, 0.717) is 6.04 Å². The average Bonchev–Trinajstić information content (AvgIpc) is 2.99. The molecule has 0 spiro atoms. The maximum Gasteiger partial charge on any atom is 0.278 e. The summed E-state index contributed by atoms with van der Waals surface area (Å²) in [5.74, 6) is 0.242. The summed E-state index contributed by atoms with van der Waals surface area (Å²) >= 11 is 0. The van der Waals surface area contributed by atoms with Crippen molar-refractivity contribution in [1.29, 1.82) is 0 Å². The van der Waals surface area contributed by atoms with Gasteiger partial charge in [-0.05, 0) is 25.3 Å². The number of benzene rings is 1. The molecule has 1 aromatic carbocycles. The molecule has 3 nitrogen and oxygen atoms in total. The van der Waals surface area contributed by atoms with Gasteiger partial charge in [-0.15, -0.1) is 0 Å². The van der Waals surface area contributed by atoms with E-state index in [1.807, 2.05) is 0 Å². The van der Waals surface area contributed by atoms with Gasteiger partial charge >= 0.3 is 0 Å². The van der Waals surface area contributed by atoms with Gasteiger partial charge in [0.15, 0.2) is 6.04 Å². The highest BCUT2D eigenvalue weighted by molar-refractivity contribution is 5.80. The lowest BCUT2D eigenvalue weighted by Crippen LogP contribution is -3.16. The van der Waals surface area contributed by atoms with Crippen molar-refractivity contribution in [1.82, 2.24) is 5.32 Å². The van der Waals surface area contributed by atoms with Crippen LogP contribution in [0.5, 0.6) is 0 Å². The normalized spacial score (nSPS) is 24.1. The summed E-state index contributed by atoms with van der Waals surface area (Å²) in [7, 11) is 0. The molecule has 2 atom stereocenters. The second-order valence-corrected chi connectivity index (χ2v) is 6.32. The number of amides is 1. The van der Waals surface area contributed by atoms with Crippen LogP contribution in [0.3, 0.4) is 0 Å². The Bertz CT molecular complexity index is 480. The predicted octanol–water partition coefficient (Wildman–Crippen LogP) is 1.07. The van der Waals surface area contributed by atoms with E-state index in [2.05, 4.69) is 36.5 Å². The van der Waals surface area contributed by atoms with Crippen molar-refractivity contribution in [2.45, 2.75) is 57.7 Å². The second kappa shape index (κ2) is 5.96. The van der Waals surface area contributed by atoms with Gasteiger partial charge in [-0.1, -0.05) is 37.1 Å². The molecule has 1 fully saturated rings. The van der Waals surface area contributed by atoms with Crippen molar-refractivity contribution < 1.29 is 9.69 Å². The van der Waals surface area contributed by atoms with Gasteiger partial charge in [0, 0.05) is 18.0 Å². The van der Waals surface area contributed by atoms with Gasteiger partial charge in [0.2, 0.25) is 0 Å². The Morgan fingerprint density at radius 1 is 1.25 bits per heavy atom. The van der Waals surface area contributed by atoms with E-state index >= 15 is 0 Å². The summed E-state index contributed by atoms with van der Waals surface area (Å²) in [5, 5.41) is 3.24. The molecule has 20 heavy (non-hydrogen) atoms. The van der Waals surface area contributed by atoms with Crippen LogP contribution >= 0.6 is 0 Å². The number of carbonyl (C=O) groups excluding carboxylic acids is 1. The number of rotatable bonds is 3. The zero-order valence-corrected chi connectivity index (χ0v) is 12.3. The lowest BCUT2D eigenvalue weighted by Gasteiger charge is -2.30. The van der Waals surface area contributed by atoms with Gasteiger partial charge in [-0.3, -0.25) is 4.79 Å². The Morgan fingerprint density at radius 2 is 1.95 bits per heavy atom. The number of quaternary nitrogens is 1. The molecule has 0 saturated heterocycles. The van der Waals surface area contributed by atoms with Gasteiger partial charge < -0.3 is 10.2 Å². The van der Waals surface area contributed by atoms with Crippen molar-refractivity contribution in [3.63, 3.8) is 0 Å². The molecule has 1 amide bonds. The maximum absolute atomic E-state index is 12.4. The summed E-state index contributed by atoms with van der Waals surface area (Å²) < 4.78 is 0. The van der Waals surface area contributed by atoms with Crippen LogP contribution < -0.4 is 10.2 Å². The molecule has 0 bridgehead atoms. The van der Waals surface area contributed by atoms with Crippen molar-refractivity contribution in [3.05, 3.63) is 35.4 Å². The van der Waals surface area contributed by atoms with Crippen LogP contribution in [0.25, 0.3) is 0 Å². The fraction of sp³-hybridized carbons (Fsp3) is 0.588. The lowest BCUT2D eigenvalue weighted by atomic mass is 9.98. The Hall–Kier alpha value is -1.35. The van der Waals surface area contributed by atoms with Crippen LogP contribution in [-0.2, 0) is 17.8 Å². The molecule has 3 heteroatoms. The number of fused-ring (bicyclic) bond motifs is 1. The highest BCUT2D eigenvalue weighted by Crippen LogP contribution is 2.17. The first-order valence-electron chi connectivity index (χ1n) is 7.96. The minimum absolute atomic E-state index is 0.0592. The Labute approximate surface area is 121 Å². The van der Waals surface area contributed by atoms with Crippen LogP contribution in [0.15, 0.2) is 24.3 Å². The van der Waals surface area contributed by atoms with E-state index < -0.39 is 0 Å². The minimum Gasteiger partial charge on any atom is -0.348 e. The van der Waals surface area contributed by atoms with Crippen molar-refractivity contribution in [2.24, 2.45) is 0 Å². The molecule has 3 rings (SSSR count). The van der Waals surface area contributed by atoms with Crippen LogP contribution in [0, 0.1) is 0 Å². The van der Waals surface area contributed by atoms with Crippen molar-refractivity contribution in [2.75, 3.05) is 6.54 Å². The third kappa shape index (κ3) is 2.88. The molecule has 2 aliphatic rings. The monoisotopic (exact) mass is 273 g/mol. The molecule has 1 aromatic rings. The predicted molar refractivity (Wildman–Crippen MR) is 79.5 cm³/mol. The second-order valence-electron chi connectivity index (χ2n) is 6.32. The number of hydrogen-bond acceptors (Lipinski definition) is 1. The molecule has 108 valence electrons. The quantitative estimate of drug-likeness (QED) is 0.849. The highest BCUT2D eigenvalue weighted by atomic mass is 16.2. The van der Waals surface area contributed by atoms with Crippen LogP contribution in [0.4, 0.5) is 0 Å². The fourth-order valence-corrected chi connectivity index (χ4v) is 3.55. The summed E-state index contributed by atoms with van der Waals surface area (Å²) in [6.45, 7) is 4.12. The molecular formula is C17H25N2O+. The molecule has 1 aliphatic heterocycles. The van der Waals surface area contributed by atoms with Gasteiger partial charge in [-0.2, -0.15) is 0 Å².